The summed E-state index contributed by atoms with van der Waals surface area (Å²) in [6, 6.07) is 13.3. The number of nitrogens with zero attached hydrogens (tertiary/aromatic N) is 4. The summed E-state index contributed by atoms with van der Waals surface area (Å²) in [5.41, 5.74) is 3.89. The van der Waals surface area contributed by atoms with Crippen molar-refractivity contribution in [1.29, 1.82) is 0 Å². The summed E-state index contributed by atoms with van der Waals surface area (Å²) in [7, 11) is 0. The number of hydrogen-bond donors (Lipinski definition) is 2. The van der Waals surface area contributed by atoms with Gasteiger partial charge in [0.05, 0.1) is 35.5 Å². The third kappa shape index (κ3) is 4.31. The van der Waals surface area contributed by atoms with Crippen molar-refractivity contribution in [3.05, 3.63) is 101 Å². The Morgan fingerprint density at radius 3 is 2.67 bits per heavy atom. The molecule has 206 valence electrons. The SMILES string of the molecule is CC[C@@]1(c2cccc(-c3cnn(Cc4cccc(C(F)(F)F)c4)c3)c2)C2=CN=NC2NC2=C1C(=O)NC(C)(C)C2. The molecule has 0 saturated carbocycles. The number of alkyl halides is 3. The van der Waals surface area contributed by atoms with Crippen LogP contribution in [-0.2, 0) is 22.9 Å². The minimum absolute atomic E-state index is 0.105. The van der Waals surface area contributed by atoms with Gasteiger partial charge in [-0.15, -0.1) is 0 Å². The van der Waals surface area contributed by atoms with E-state index in [4.69, 9.17) is 0 Å². The molecule has 0 bridgehead atoms. The number of aromatic nitrogens is 2. The van der Waals surface area contributed by atoms with E-state index < -0.39 is 22.7 Å². The number of benzene rings is 2. The number of rotatable bonds is 5. The molecule has 40 heavy (non-hydrogen) atoms. The van der Waals surface area contributed by atoms with Gasteiger partial charge in [0.2, 0.25) is 0 Å². The Bertz CT molecular complexity index is 1600. The van der Waals surface area contributed by atoms with E-state index in [-0.39, 0.29) is 18.6 Å². The second-order valence-corrected chi connectivity index (χ2v) is 11.2. The second-order valence-electron chi connectivity index (χ2n) is 11.2. The topological polar surface area (TPSA) is 83.7 Å². The second kappa shape index (κ2) is 9.18. The first-order valence-electron chi connectivity index (χ1n) is 13.2. The molecule has 0 saturated heterocycles. The van der Waals surface area contributed by atoms with Gasteiger partial charge in [0.1, 0.15) is 0 Å². The van der Waals surface area contributed by atoms with Crippen molar-refractivity contribution in [2.75, 3.05) is 0 Å². The van der Waals surface area contributed by atoms with Gasteiger partial charge >= 0.3 is 6.18 Å². The molecular formula is C30H29F3N6O. The zero-order valence-corrected chi connectivity index (χ0v) is 22.4. The number of carbonyl (C=O) groups is 1. The zero-order chi connectivity index (χ0) is 28.3. The summed E-state index contributed by atoms with van der Waals surface area (Å²) >= 11 is 0. The first kappa shape index (κ1) is 26.0. The van der Waals surface area contributed by atoms with Crippen LogP contribution in [0.25, 0.3) is 11.1 Å². The highest BCUT2D eigenvalue weighted by atomic mass is 19.4. The van der Waals surface area contributed by atoms with Crippen LogP contribution in [0.1, 0.15) is 50.3 Å². The Morgan fingerprint density at radius 2 is 1.90 bits per heavy atom. The number of azo groups is 1. The third-order valence-corrected chi connectivity index (χ3v) is 7.95. The van der Waals surface area contributed by atoms with Gasteiger partial charge in [0.15, 0.2) is 6.17 Å². The number of fused-ring (bicyclic) bond motifs is 1. The van der Waals surface area contributed by atoms with Crippen molar-refractivity contribution in [3.63, 3.8) is 0 Å². The lowest BCUT2D eigenvalue weighted by molar-refractivity contribution is -0.137. The van der Waals surface area contributed by atoms with Gasteiger partial charge in [-0.1, -0.05) is 37.3 Å². The minimum atomic E-state index is -4.40. The smallest absolute Gasteiger partial charge is 0.362 e. The molecule has 3 aromatic rings. The maximum atomic E-state index is 13.6. The minimum Gasteiger partial charge on any atom is -0.362 e. The molecule has 1 unspecified atom stereocenters. The molecule has 0 radical (unpaired) electrons. The maximum Gasteiger partial charge on any atom is 0.416 e. The van der Waals surface area contributed by atoms with E-state index in [9.17, 15) is 18.0 Å². The van der Waals surface area contributed by atoms with Crippen LogP contribution in [0.4, 0.5) is 13.2 Å². The number of carbonyl (C=O) groups excluding carboxylic acids is 1. The van der Waals surface area contributed by atoms with Gasteiger partial charge < -0.3 is 10.6 Å². The fourth-order valence-corrected chi connectivity index (χ4v) is 6.20. The Morgan fingerprint density at radius 1 is 1.10 bits per heavy atom. The molecule has 4 heterocycles. The highest BCUT2D eigenvalue weighted by Gasteiger charge is 2.53. The number of amides is 1. The van der Waals surface area contributed by atoms with Gasteiger partial charge in [-0.2, -0.15) is 28.5 Å². The Balaban J connectivity index is 1.38. The third-order valence-electron chi connectivity index (χ3n) is 7.95. The Labute approximate surface area is 229 Å². The molecule has 0 fully saturated rings. The quantitative estimate of drug-likeness (QED) is 0.406. The van der Waals surface area contributed by atoms with Crippen LogP contribution >= 0.6 is 0 Å². The molecule has 3 aliphatic heterocycles. The fraction of sp³-hybridized carbons (Fsp3) is 0.333. The molecule has 7 nitrogen and oxygen atoms in total. The zero-order valence-electron chi connectivity index (χ0n) is 22.4. The molecule has 3 aliphatic rings. The fourth-order valence-electron chi connectivity index (χ4n) is 6.20. The summed E-state index contributed by atoms with van der Waals surface area (Å²) in [5, 5.41) is 19.7. The van der Waals surface area contributed by atoms with Crippen molar-refractivity contribution in [3.8, 4) is 11.1 Å². The highest BCUT2D eigenvalue weighted by molar-refractivity contribution is 6.00. The number of nitrogens with one attached hydrogen (secondary N) is 2. The van der Waals surface area contributed by atoms with Crippen LogP contribution in [0.3, 0.4) is 0 Å². The molecule has 10 heteroatoms. The Hall–Kier alpha value is -4.21. The molecular weight excluding hydrogens is 517 g/mol. The van der Waals surface area contributed by atoms with Crippen LogP contribution in [0.15, 0.2) is 94.2 Å². The monoisotopic (exact) mass is 546 g/mol. The van der Waals surface area contributed by atoms with E-state index in [1.54, 1.807) is 23.1 Å². The van der Waals surface area contributed by atoms with Crippen molar-refractivity contribution < 1.29 is 18.0 Å². The lowest BCUT2D eigenvalue weighted by Crippen LogP contribution is -2.58. The van der Waals surface area contributed by atoms with Crippen molar-refractivity contribution in [1.82, 2.24) is 20.4 Å². The van der Waals surface area contributed by atoms with Crippen LogP contribution in [0.5, 0.6) is 0 Å². The van der Waals surface area contributed by atoms with Gasteiger partial charge in [-0.05, 0) is 55.2 Å². The molecule has 2 atom stereocenters. The van der Waals surface area contributed by atoms with Gasteiger partial charge in [0, 0.05) is 35.0 Å². The first-order valence-corrected chi connectivity index (χ1v) is 13.2. The lowest BCUT2D eigenvalue weighted by atomic mass is 9.62. The van der Waals surface area contributed by atoms with Gasteiger partial charge in [0.25, 0.3) is 5.91 Å². The van der Waals surface area contributed by atoms with Crippen molar-refractivity contribution in [2.45, 2.75) is 63.5 Å². The normalized spacial score (nSPS) is 23.3. The molecule has 0 aliphatic carbocycles. The summed E-state index contributed by atoms with van der Waals surface area (Å²) < 4.78 is 41.1. The van der Waals surface area contributed by atoms with E-state index in [2.05, 4.69) is 39.0 Å². The van der Waals surface area contributed by atoms with E-state index in [1.807, 2.05) is 38.2 Å². The molecule has 1 amide bonds. The van der Waals surface area contributed by atoms with Crippen molar-refractivity contribution in [2.24, 2.45) is 10.2 Å². The number of halogens is 3. The van der Waals surface area contributed by atoms with Crippen molar-refractivity contribution >= 4 is 5.91 Å². The van der Waals surface area contributed by atoms with Crippen LogP contribution < -0.4 is 10.6 Å². The highest BCUT2D eigenvalue weighted by Crippen LogP contribution is 2.51. The average molecular weight is 547 g/mol. The molecule has 1 aromatic heterocycles. The van der Waals surface area contributed by atoms with Crippen LogP contribution in [-0.4, -0.2) is 27.4 Å². The molecule has 2 aromatic carbocycles. The van der Waals surface area contributed by atoms with Gasteiger partial charge in [-0.3, -0.25) is 9.48 Å². The van der Waals surface area contributed by atoms with Gasteiger partial charge in [-0.25, -0.2) is 0 Å². The summed E-state index contributed by atoms with van der Waals surface area (Å²) in [6.45, 7) is 6.28. The van der Waals surface area contributed by atoms with E-state index in [0.717, 1.165) is 40.1 Å². The van der Waals surface area contributed by atoms with Crippen LogP contribution in [0.2, 0.25) is 0 Å². The van der Waals surface area contributed by atoms with E-state index in [1.165, 1.54) is 6.07 Å². The van der Waals surface area contributed by atoms with E-state index in [0.29, 0.717) is 24.0 Å². The van der Waals surface area contributed by atoms with Crippen LogP contribution in [0, 0.1) is 0 Å². The summed E-state index contributed by atoms with van der Waals surface area (Å²) in [6.07, 6.45) is 1.84. The standard InChI is InChI=1S/C30H29F3N6O/c1-4-29(23-15-34-38-26(23)36-24-13-28(2,3)37-27(40)25(24)29)21-9-6-8-19(12-21)20-14-35-39(17-20)16-18-7-5-10-22(11-18)30(31,32)33/h5-12,14-15,17,26,36H,4,13,16H2,1-3H3,(H,37,40)/t26?,29-/m1/s1. The molecule has 0 spiro atoms. The molecule has 2 N–H and O–H groups in total. The predicted octanol–water partition coefficient (Wildman–Crippen LogP) is 6.10. The summed E-state index contributed by atoms with van der Waals surface area (Å²) in [4.78, 5) is 13.6. The molecule has 6 rings (SSSR count). The Kier molecular flexibility index (Phi) is 5.97. The predicted molar refractivity (Wildman–Crippen MR) is 144 cm³/mol. The van der Waals surface area contributed by atoms with E-state index >= 15 is 0 Å². The largest absolute Gasteiger partial charge is 0.416 e. The average Bonchev–Trinajstić information content (AvgIpc) is 3.56. The number of hydrogen-bond acceptors (Lipinski definition) is 5. The lowest BCUT2D eigenvalue weighted by Gasteiger charge is -2.48. The first-order chi connectivity index (χ1) is 19.0. The maximum absolute atomic E-state index is 13.6. The summed E-state index contributed by atoms with van der Waals surface area (Å²) in [5.74, 6) is -0.105.